The summed E-state index contributed by atoms with van der Waals surface area (Å²) in [5.74, 6) is 0.553. The zero-order chi connectivity index (χ0) is 24.9. The van der Waals surface area contributed by atoms with Crippen molar-refractivity contribution >= 4 is 27.7 Å². The summed E-state index contributed by atoms with van der Waals surface area (Å²) >= 11 is 0. The summed E-state index contributed by atoms with van der Waals surface area (Å²) in [4.78, 5) is 27.0. The van der Waals surface area contributed by atoms with E-state index in [2.05, 4.69) is 39.3 Å². The fourth-order valence-electron chi connectivity index (χ4n) is 3.23. The number of rotatable bonds is 10. The van der Waals surface area contributed by atoms with E-state index in [1.807, 2.05) is 36.4 Å². The number of ketones is 2. The Balaban J connectivity index is 2.16. The van der Waals surface area contributed by atoms with Gasteiger partial charge in [0.2, 0.25) is 0 Å². The van der Waals surface area contributed by atoms with Gasteiger partial charge < -0.3 is 9.47 Å². The third kappa shape index (κ3) is 7.01. The van der Waals surface area contributed by atoms with Gasteiger partial charge in [0.15, 0.2) is 11.6 Å². The molecular weight excluding hydrogens is 456 g/mol. The molecule has 3 aromatic rings. The quantitative estimate of drug-likeness (QED) is 0.235. The lowest BCUT2D eigenvalue weighted by Crippen LogP contribution is -2.31. The van der Waals surface area contributed by atoms with E-state index in [4.69, 9.17) is 9.47 Å². The average Bonchev–Trinajstić information content (AvgIpc) is 2.80. The molecule has 0 atom stereocenters. The first kappa shape index (κ1) is 25.7. The standard InChI is InChI=1S/C28H34O4Si2/c1-33(2,3)19-31-25-17-24(28(30)22-15-11-8-12-16-22)26(32-20-34(4,5)6)18-23(25)27(29)21-13-9-7-10-14-21/h7-18H,19-20H2,1-6H3. The van der Waals surface area contributed by atoms with Gasteiger partial charge in [-0.25, -0.2) is 0 Å². The van der Waals surface area contributed by atoms with Crippen molar-refractivity contribution < 1.29 is 19.1 Å². The summed E-state index contributed by atoms with van der Waals surface area (Å²) in [5, 5.41) is 0. The van der Waals surface area contributed by atoms with Crippen LogP contribution < -0.4 is 9.47 Å². The normalized spacial score (nSPS) is 11.7. The topological polar surface area (TPSA) is 52.6 Å². The number of hydrogen-bond acceptors (Lipinski definition) is 4. The predicted molar refractivity (Wildman–Crippen MR) is 144 cm³/mol. The SMILES string of the molecule is C[Si](C)(C)COc1cc(C(=O)c2ccccc2)c(OC[Si](C)(C)C)cc1C(=O)c1ccccc1. The van der Waals surface area contributed by atoms with E-state index >= 15 is 0 Å². The van der Waals surface area contributed by atoms with Crippen LogP contribution in [0, 0.1) is 0 Å². The van der Waals surface area contributed by atoms with E-state index in [9.17, 15) is 9.59 Å². The van der Waals surface area contributed by atoms with Crippen molar-refractivity contribution in [3.05, 3.63) is 95.1 Å². The van der Waals surface area contributed by atoms with Crippen molar-refractivity contribution in [2.75, 3.05) is 12.5 Å². The minimum Gasteiger partial charge on any atom is -0.496 e. The van der Waals surface area contributed by atoms with Gasteiger partial charge in [0.05, 0.1) is 39.7 Å². The Morgan fingerprint density at radius 1 is 0.588 bits per heavy atom. The molecule has 0 spiro atoms. The molecule has 0 bridgehead atoms. The molecule has 6 heteroatoms. The third-order valence-electron chi connectivity index (χ3n) is 4.96. The van der Waals surface area contributed by atoms with Gasteiger partial charge in [0.25, 0.3) is 0 Å². The van der Waals surface area contributed by atoms with E-state index in [1.54, 1.807) is 36.4 Å². The minimum absolute atomic E-state index is 0.150. The lowest BCUT2D eigenvalue weighted by Gasteiger charge is -2.22. The maximum absolute atomic E-state index is 13.5. The van der Waals surface area contributed by atoms with Gasteiger partial charge in [-0.15, -0.1) is 0 Å². The van der Waals surface area contributed by atoms with Crippen LogP contribution in [0.2, 0.25) is 39.3 Å². The maximum Gasteiger partial charge on any atom is 0.196 e. The summed E-state index contributed by atoms with van der Waals surface area (Å²) < 4.78 is 12.4. The van der Waals surface area contributed by atoms with Crippen LogP contribution in [-0.2, 0) is 0 Å². The van der Waals surface area contributed by atoms with Crippen molar-refractivity contribution in [3.63, 3.8) is 0 Å². The highest BCUT2D eigenvalue weighted by molar-refractivity contribution is 6.76. The van der Waals surface area contributed by atoms with Crippen LogP contribution in [0.15, 0.2) is 72.8 Å². The van der Waals surface area contributed by atoms with Crippen LogP contribution in [0.4, 0.5) is 0 Å². The second-order valence-electron chi connectivity index (χ2n) is 10.9. The second-order valence-corrected chi connectivity index (χ2v) is 21.8. The molecule has 0 N–H and O–H groups in total. The van der Waals surface area contributed by atoms with E-state index in [1.165, 1.54) is 0 Å². The van der Waals surface area contributed by atoms with Crippen LogP contribution in [-0.4, -0.2) is 40.2 Å². The lowest BCUT2D eigenvalue weighted by molar-refractivity contribution is 0.102. The molecule has 4 nitrogen and oxygen atoms in total. The second kappa shape index (κ2) is 10.5. The molecule has 0 radical (unpaired) electrons. The molecule has 0 fully saturated rings. The summed E-state index contributed by atoms with van der Waals surface area (Å²) in [7, 11) is -3.17. The summed E-state index contributed by atoms with van der Waals surface area (Å²) in [6.45, 7) is 13.2. The number of hydrogen-bond donors (Lipinski definition) is 0. The summed E-state index contributed by atoms with van der Waals surface area (Å²) in [6.07, 6.45) is 1.08. The zero-order valence-corrected chi connectivity index (χ0v) is 23.0. The van der Waals surface area contributed by atoms with Gasteiger partial charge >= 0.3 is 0 Å². The van der Waals surface area contributed by atoms with Crippen LogP contribution in [0.1, 0.15) is 31.8 Å². The third-order valence-corrected chi connectivity index (χ3v) is 6.99. The fourth-order valence-corrected chi connectivity index (χ4v) is 4.41. The van der Waals surface area contributed by atoms with E-state index in [0.29, 0.717) is 46.2 Å². The summed E-state index contributed by atoms with van der Waals surface area (Å²) in [6, 6.07) is 21.7. The monoisotopic (exact) mass is 490 g/mol. The van der Waals surface area contributed by atoms with E-state index < -0.39 is 16.1 Å². The van der Waals surface area contributed by atoms with Gasteiger partial charge in [-0.1, -0.05) is 99.9 Å². The molecule has 0 aliphatic carbocycles. The van der Waals surface area contributed by atoms with Crippen LogP contribution in [0.25, 0.3) is 0 Å². The summed E-state index contributed by atoms with van der Waals surface area (Å²) in [5.41, 5.74) is 1.97. The van der Waals surface area contributed by atoms with Crippen molar-refractivity contribution in [3.8, 4) is 11.5 Å². The van der Waals surface area contributed by atoms with Crippen LogP contribution in [0.3, 0.4) is 0 Å². The molecule has 0 aliphatic heterocycles. The molecule has 34 heavy (non-hydrogen) atoms. The molecule has 178 valence electrons. The predicted octanol–water partition coefficient (Wildman–Crippen LogP) is 6.66. The van der Waals surface area contributed by atoms with Gasteiger partial charge in [-0.05, 0) is 12.1 Å². The van der Waals surface area contributed by atoms with Gasteiger partial charge in [-0.3, -0.25) is 9.59 Å². The van der Waals surface area contributed by atoms with Gasteiger partial charge in [-0.2, -0.15) is 0 Å². The Labute approximate surface area is 205 Å². The maximum atomic E-state index is 13.5. The average molecular weight is 491 g/mol. The number of benzene rings is 3. The first-order chi connectivity index (χ1) is 15.9. The molecule has 0 saturated carbocycles. The Hall–Kier alpha value is -2.97. The molecular formula is C28H34O4Si2. The Bertz CT molecular complexity index is 1050. The Kier molecular flexibility index (Phi) is 7.94. The molecule has 0 unspecified atom stereocenters. The number of carbonyl (C=O) groups is 2. The molecule has 0 saturated heterocycles. The number of carbonyl (C=O) groups excluding carboxylic acids is 2. The molecule has 0 heterocycles. The van der Waals surface area contributed by atoms with Crippen LogP contribution >= 0.6 is 0 Å². The van der Waals surface area contributed by atoms with Gasteiger partial charge in [0, 0.05) is 11.1 Å². The minimum atomic E-state index is -1.58. The zero-order valence-electron chi connectivity index (χ0n) is 21.0. The molecule has 3 aromatic carbocycles. The van der Waals surface area contributed by atoms with Gasteiger partial charge in [0.1, 0.15) is 11.5 Å². The first-order valence-electron chi connectivity index (χ1n) is 11.6. The van der Waals surface area contributed by atoms with E-state index in [-0.39, 0.29) is 11.6 Å². The van der Waals surface area contributed by atoms with E-state index in [0.717, 1.165) is 0 Å². The van der Waals surface area contributed by atoms with Crippen molar-refractivity contribution in [1.29, 1.82) is 0 Å². The first-order valence-corrected chi connectivity index (χ1v) is 19.0. The highest BCUT2D eigenvalue weighted by Crippen LogP contribution is 2.33. The lowest BCUT2D eigenvalue weighted by atomic mass is 9.96. The largest absolute Gasteiger partial charge is 0.496 e. The van der Waals surface area contributed by atoms with Crippen molar-refractivity contribution in [2.45, 2.75) is 39.3 Å². The smallest absolute Gasteiger partial charge is 0.196 e. The molecule has 0 aromatic heterocycles. The fraction of sp³-hybridized carbons (Fsp3) is 0.286. The number of ether oxygens (including phenoxy) is 2. The molecule has 0 amide bonds. The van der Waals surface area contributed by atoms with Crippen molar-refractivity contribution in [2.24, 2.45) is 0 Å². The van der Waals surface area contributed by atoms with Crippen molar-refractivity contribution in [1.82, 2.24) is 0 Å². The highest BCUT2D eigenvalue weighted by Gasteiger charge is 2.26. The highest BCUT2D eigenvalue weighted by atomic mass is 28.3. The molecule has 3 rings (SSSR count). The Morgan fingerprint density at radius 2 is 0.912 bits per heavy atom. The van der Waals surface area contributed by atoms with Crippen LogP contribution in [0.5, 0.6) is 11.5 Å². The Morgan fingerprint density at radius 3 is 1.21 bits per heavy atom. The molecule has 0 aliphatic rings.